The average Bonchev–Trinajstić information content (AvgIpc) is 2.64. The molecule has 0 aliphatic heterocycles. The molecule has 0 amide bonds. The van der Waals surface area contributed by atoms with Gasteiger partial charge in [0.1, 0.15) is 5.78 Å². The SMILES string of the molecule is CCCC(=O)C1C[C@H]2C=C[C@@H]1C2. The number of Topliss-reactive ketones (excluding diaryl/α,β-unsaturated/α-hetero) is 1. The van der Waals surface area contributed by atoms with Crippen LogP contribution in [0.5, 0.6) is 0 Å². The van der Waals surface area contributed by atoms with Gasteiger partial charge in [0.05, 0.1) is 0 Å². The van der Waals surface area contributed by atoms with Crippen molar-refractivity contribution in [3.63, 3.8) is 0 Å². The zero-order valence-corrected chi connectivity index (χ0v) is 7.62. The first-order valence-corrected chi connectivity index (χ1v) is 5.02. The van der Waals surface area contributed by atoms with Gasteiger partial charge in [-0.3, -0.25) is 4.79 Å². The summed E-state index contributed by atoms with van der Waals surface area (Å²) in [6.45, 7) is 2.08. The van der Waals surface area contributed by atoms with Gasteiger partial charge in [-0.1, -0.05) is 19.1 Å². The molecule has 2 bridgehead atoms. The van der Waals surface area contributed by atoms with Gasteiger partial charge in [0.25, 0.3) is 0 Å². The van der Waals surface area contributed by atoms with E-state index in [0.717, 1.165) is 25.2 Å². The van der Waals surface area contributed by atoms with Gasteiger partial charge < -0.3 is 0 Å². The molecule has 0 heterocycles. The van der Waals surface area contributed by atoms with E-state index < -0.39 is 0 Å². The minimum atomic E-state index is 0.389. The van der Waals surface area contributed by atoms with E-state index in [9.17, 15) is 4.79 Å². The van der Waals surface area contributed by atoms with E-state index in [4.69, 9.17) is 0 Å². The third-order valence-corrected chi connectivity index (χ3v) is 3.19. The van der Waals surface area contributed by atoms with Gasteiger partial charge in [-0.25, -0.2) is 0 Å². The predicted octanol–water partition coefficient (Wildman–Crippen LogP) is 2.57. The second kappa shape index (κ2) is 3.04. The molecule has 2 aliphatic carbocycles. The smallest absolute Gasteiger partial charge is 0.136 e. The molecule has 0 aromatic carbocycles. The van der Waals surface area contributed by atoms with Crippen LogP contribution in [0.25, 0.3) is 0 Å². The Balaban J connectivity index is 1.98. The molecule has 0 aromatic heterocycles. The van der Waals surface area contributed by atoms with E-state index in [1.807, 2.05) is 0 Å². The molecule has 2 aliphatic rings. The highest BCUT2D eigenvalue weighted by Gasteiger charge is 2.38. The Labute approximate surface area is 73.8 Å². The number of ketones is 1. The maximum Gasteiger partial charge on any atom is 0.136 e. The Morgan fingerprint density at radius 3 is 2.75 bits per heavy atom. The van der Waals surface area contributed by atoms with Crippen LogP contribution in [0.4, 0.5) is 0 Å². The molecule has 1 unspecified atom stereocenters. The van der Waals surface area contributed by atoms with Crippen LogP contribution in [0.2, 0.25) is 0 Å². The van der Waals surface area contributed by atoms with Gasteiger partial charge in [0.15, 0.2) is 0 Å². The first-order valence-electron chi connectivity index (χ1n) is 5.02. The summed E-state index contributed by atoms with van der Waals surface area (Å²) in [5.74, 6) is 2.24. The highest BCUT2D eigenvalue weighted by molar-refractivity contribution is 5.82. The fraction of sp³-hybridized carbons (Fsp3) is 0.727. The minimum absolute atomic E-state index is 0.389. The van der Waals surface area contributed by atoms with Crippen molar-refractivity contribution < 1.29 is 4.79 Å². The molecule has 12 heavy (non-hydrogen) atoms. The van der Waals surface area contributed by atoms with Crippen molar-refractivity contribution in [2.75, 3.05) is 0 Å². The first kappa shape index (κ1) is 8.03. The van der Waals surface area contributed by atoms with E-state index in [-0.39, 0.29) is 0 Å². The number of carbonyl (C=O) groups excluding carboxylic acids is 1. The molecule has 66 valence electrons. The number of rotatable bonds is 3. The normalized spacial score (nSPS) is 37.6. The second-order valence-electron chi connectivity index (χ2n) is 4.10. The largest absolute Gasteiger partial charge is 0.299 e. The Morgan fingerprint density at radius 2 is 2.25 bits per heavy atom. The zero-order valence-electron chi connectivity index (χ0n) is 7.62. The number of allylic oxidation sites excluding steroid dienone is 2. The molecule has 1 fully saturated rings. The molecule has 0 radical (unpaired) electrons. The lowest BCUT2D eigenvalue weighted by molar-refractivity contribution is -0.123. The monoisotopic (exact) mass is 164 g/mol. The van der Waals surface area contributed by atoms with E-state index in [1.54, 1.807) is 0 Å². The third-order valence-electron chi connectivity index (χ3n) is 3.19. The fourth-order valence-electron chi connectivity index (χ4n) is 2.58. The van der Waals surface area contributed by atoms with Crippen molar-refractivity contribution in [2.24, 2.45) is 17.8 Å². The highest BCUT2D eigenvalue weighted by Crippen LogP contribution is 2.44. The van der Waals surface area contributed by atoms with Crippen LogP contribution in [-0.2, 0) is 4.79 Å². The van der Waals surface area contributed by atoms with E-state index >= 15 is 0 Å². The van der Waals surface area contributed by atoms with Crippen molar-refractivity contribution in [3.05, 3.63) is 12.2 Å². The van der Waals surface area contributed by atoms with Crippen LogP contribution >= 0.6 is 0 Å². The molecule has 0 N–H and O–H groups in total. The van der Waals surface area contributed by atoms with Crippen LogP contribution in [-0.4, -0.2) is 5.78 Å². The molecule has 1 nitrogen and oxygen atoms in total. The molecule has 1 heteroatoms. The topological polar surface area (TPSA) is 17.1 Å². The maximum absolute atomic E-state index is 11.6. The summed E-state index contributed by atoms with van der Waals surface area (Å²) >= 11 is 0. The van der Waals surface area contributed by atoms with Crippen molar-refractivity contribution in [3.8, 4) is 0 Å². The summed E-state index contributed by atoms with van der Waals surface area (Å²) in [4.78, 5) is 11.6. The summed E-state index contributed by atoms with van der Waals surface area (Å²) in [5, 5.41) is 0. The molecular weight excluding hydrogens is 148 g/mol. The van der Waals surface area contributed by atoms with Gasteiger partial charge in [0, 0.05) is 12.3 Å². The lowest BCUT2D eigenvalue weighted by Gasteiger charge is -2.15. The Bertz CT molecular complexity index is 217. The molecule has 0 spiro atoms. The van der Waals surface area contributed by atoms with Crippen LogP contribution in [0.3, 0.4) is 0 Å². The summed E-state index contributed by atoms with van der Waals surface area (Å²) in [6, 6.07) is 0. The summed E-state index contributed by atoms with van der Waals surface area (Å²) in [7, 11) is 0. The summed E-state index contributed by atoms with van der Waals surface area (Å²) in [5.41, 5.74) is 0. The average molecular weight is 164 g/mol. The van der Waals surface area contributed by atoms with E-state index in [0.29, 0.717) is 17.6 Å². The predicted molar refractivity (Wildman–Crippen MR) is 48.8 cm³/mol. The molecular formula is C11H16O. The standard InChI is InChI=1S/C11H16O/c1-2-3-11(12)10-7-8-4-5-9(10)6-8/h4-5,8-10H,2-3,6-7H2,1H3/t8-,9+,10?/m0/s1. The summed E-state index contributed by atoms with van der Waals surface area (Å²) < 4.78 is 0. The van der Waals surface area contributed by atoms with E-state index in [1.165, 1.54) is 6.42 Å². The molecule has 0 aromatic rings. The third kappa shape index (κ3) is 1.21. The molecule has 3 atom stereocenters. The Hall–Kier alpha value is -0.590. The number of hydrogen-bond donors (Lipinski definition) is 0. The van der Waals surface area contributed by atoms with Crippen molar-refractivity contribution in [2.45, 2.75) is 32.6 Å². The van der Waals surface area contributed by atoms with Gasteiger partial charge >= 0.3 is 0 Å². The molecule has 1 saturated carbocycles. The lowest BCUT2D eigenvalue weighted by Crippen LogP contribution is -2.18. The second-order valence-corrected chi connectivity index (χ2v) is 4.10. The van der Waals surface area contributed by atoms with Gasteiger partial charge in [-0.05, 0) is 31.1 Å². The number of hydrogen-bond acceptors (Lipinski definition) is 1. The number of fused-ring (bicyclic) bond motifs is 2. The van der Waals surface area contributed by atoms with E-state index in [2.05, 4.69) is 19.1 Å². The first-order chi connectivity index (χ1) is 5.81. The number of carbonyl (C=O) groups is 1. The van der Waals surface area contributed by atoms with Crippen LogP contribution in [0, 0.1) is 17.8 Å². The Kier molecular flexibility index (Phi) is 2.03. The van der Waals surface area contributed by atoms with Gasteiger partial charge in [-0.15, -0.1) is 0 Å². The quantitative estimate of drug-likeness (QED) is 0.586. The van der Waals surface area contributed by atoms with Crippen molar-refractivity contribution in [1.82, 2.24) is 0 Å². The van der Waals surface area contributed by atoms with Crippen molar-refractivity contribution >= 4 is 5.78 Å². The van der Waals surface area contributed by atoms with Crippen molar-refractivity contribution in [1.29, 1.82) is 0 Å². The molecule has 2 rings (SSSR count). The summed E-state index contributed by atoms with van der Waals surface area (Å²) in [6.07, 6.45) is 8.74. The molecule has 0 saturated heterocycles. The minimum Gasteiger partial charge on any atom is -0.299 e. The van der Waals surface area contributed by atoms with Crippen LogP contribution < -0.4 is 0 Å². The fourth-order valence-corrected chi connectivity index (χ4v) is 2.58. The van der Waals surface area contributed by atoms with Crippen LogP contribution in [0.1, 0.15) is 32.6 Å². The zero-order chi connectivity index (χ0) is 8.55. The highest BCUT2D eigenvalue weighted by atomic mass is 16.1. The van der Waals surface area contributed by atoms with Gasteiger partial charge in [0.2, 0.25) is 0 Å². The maximum atomic E-state index is 11.6. The van der Waals surface area contributed by atoms with Crippen LogP contribution in [0.15, 0.2) is 12.2 Å². The Morgan fingerprint density at radius 1 is 1.42 bits per heavy atom. The lowest BCUT2D eigenvalue weighted by atomic mass is 9.88. The van der Waals surface area contributed by atoms with Gasteiger partial charge in [-0.2, -0.15) is 0 Å².